The number of rotatable bonds is 20. The molecule has 59 heavy (non-hydrogen) atoms. The number of carbonyl (C=O) groups is 1. The van der Waals surface area contributed by atoms with Gasteiger partial charge in [0.15, 0.2) is 11.5 Å². The molecule has 4 aliphatic rings. The van der Waals surface area contributed by atoms with Crippen molar-refractivity contribution < 1.29 is 48.3 Å². The molecule has 0 bridgehead atoms. The molecule has 7 rings (SSSR count). The molecule has 2 aliphatic heterocycles. The van der Waals surface area contributed by atoms with Crippen LogP contribution in [0.25, 0.3) is 0 Å². The highest BCUT2D eigenvalue weighted by Crippen LogP contribution is 2.62. The van der Waals surface area contributed by atoms with Gasteiger partial charge in [-0.3, -0.25) is 4.90 Å². The highest BCUT2D eigenvalue weighted by Gasteiger charge is 2.65. The smallest absolute Gasteiger partial charge is 0.410 e. The Morgan fingerprint density at radius 1 is 0.983 bits per heavy atom. The molecule has 6 unspecified atom stereocenters. The molecule has 1 fully saturated rings. The number of fused-ring (bicyclic) bond motifs is 3. The number of hydrogen-bond donors (Lipinski definition) is 2. The van der Waals surface area contributed by atoms with Crippen molar-refractivity contribution in [1.29, 1.82) is 0 Å². The minimum Gasteiger partial charge on any atom is -0.493 e. The normalized spacial score (nSPS) is 24.3. The standard InChI is InChI=1S/C46H56N2O10S/c1-4-22-57-46-42(48(45(51)52-2)29-31-16-18-40-41(25-31)56-30-55-40)28-38(47-53-3)36-26-32(12-8-10-20-49)35(15-9-11-21-50)43(44(36)46)37-27-33(17-19-39(37)58-46)54-23-24-59-34-13-6-5-7-14-34/h4-7,13-14,16-19,25-27,32,35,42-44,49-50H,1,8-12,15,20-24,28-30H2,2-3H3. The maximum absolute atomic E-state index is 14.2. The Hall–Kier alpha value is -4.69. The van der Waals surface area contributed by atoms with Gasteiger partial charge in [-0.25, -0.2) is 4.79 Å². The molecule has 3 aromatic carbocycles. The van der Waals surface area contributed by atoms with E-state index in [1.165, 1.54) is 19.1 Å². The van der Waals surface area contributed by atoms with Gasteiger partial charge < -0.3 is 43.5 Å². The molecule has 2 N–H and O–H groups in total. The maximum Gasteiger partial charge on any atom is 0.410 e. The zero-order valence-electron chi connectivity index (χ0n) is 34.0. The van der Waals surface area contributed by atoms with Crippen molar-refractivity contribution in [2.75, 3.05) is 53.2 Å². The van der Waals surface area contributed by atoms with Gasteiger partial charge in [0.25, 0.3) is 0 Å². The SMILES string of the molecule is C=CCOC12Oc3ccc(OCCSc4ccccc4)cc3C3C(CCCCO)C(CCCCO)C=C(C(=NOC)CC1N(Cc1ccc4c(c1)OCO4)C(=O)OC)C32. The van der Waals surface area contributed by atoms with E-state index in [0.717, 1.165) is 53.9 Å². The molecule has 0 radical (unpaired) electrons. The third-order valence-electron chi connectivity index (χ3n) is 11.8. The third-order valence-corrected chi connectivity index (χ3v) is 12.8. The number of thioether (sulfide) groups is 1. The average Bonchev–Trinajstić information content (AvgIpc) is 3.74. The van der Waals surface area contributed by atoms with Gasteiger partial charge in [-0.05, 0) is 91.1 Å². The van der Waals surface area contributed by atoms with E-state index in [1.54, 1.807) is 22.7 Å². The van der Waals surface area contributed by atoms with E-state index >= 15 is 0 Å². The summed E-state index contributed by atoms with van der Waals surface area (Å²) in [7, 11) is 2.91. The molecule has 6 atom stereocenters. The minimum absolute atomic E-state index is 0.0789. The van der Waals surface area contributed by atoms with Crippen molar-refractivity contribution in [2.24, 2.45) is 22.9 Å². The molecule has 0 aromatic heterocycles. The molecule has 0 saturated heterocycles. The van der Waals surface area contributed by atoms with Crippen molar-refractivity contribution in [3.63, 3.8) is 0 Å². The Bertz CT molecular complexity index is 1960. The number of methoxy groups -OCH3 is 1. The van der Waals surface area contributed by atoms with Crippen molar-refractivity contribution in [3.05, 3.63) is 102 Å². The van der Waals surface area contributed by atoms with E-state index in [1.807, 2.05) is 48.5 Å². The molecule has 0 spiro atoms. The Morgan fingerprint density at radius 3 is 2.53 bits per heavy atom. The number of unbranched alkanes of at least 4 members (excludes halogenated alkanes) is 2. The van der Waals surface area contributed by atoms with Crippen LogP contribution in [0.2, 0.25) is 0 Å². The molecule has 12 nitrogen and oxygen atoms in total. The summed E-state index contributed by atoms with van der Waals surface area (Å²) in [6.07, 6.45) is 8.39. The third kappa shape index (κ3) is 9.23. The lowest BCUT2D eigenvalue weighted by molar-refractivity contribution is -0.256. The number of aliphatic hydroxyl groups is 2. The summed E-state index contributed by atoms with van der Waals surface area (Å²) in [6.45, 7) is 5.17. The second kappa shape index (κ2) is 20.0. The monoisotopic (exact) mass is 828 g/mol. The number of amides is 1. The van der Waals surface area contributed by atoms with Crippen LogP contribution in [0.1, 0.15) is 62.0 Å². The van der Waals surface area contributed by atoms with E-state index in [4.69, 9.17) is 33.3 Å². The minimum atomic E-state index is -1.42. The van der Waals surface area contributed by atoms with Crippen LogP contribution < -0.4 is 18.9 Å². The van der Waals surface area contributed by atoms with Crippen molar-refractivity contribution in [1.82, 2.24) is 4.90 Å². The lowest BCUT2D eigenvalue weighted by Gasteiger charge is -2.59. The van der Waals surface area contributed by atoms with Crippen LogP contribution in [0.4, 0.5) is 4.79 Å². The van der Waals surface area contributed by atoms with Crippen LogP contribution >= 0.6 is 11.8 Å². The fourth-order valence-electron chi connectivity index (χ4n) is 9.34. The molecular weight excluding hydrogens is 773 g/mol. The van der Waals surface area contributed by atoms with Crippen LogP contribution in [0, 0.1) is 17.8 Å². The number of hydrogen-bond acceptors (Lipinski definition) is 12. The molecule has 3 aromatic rings. The van der Waals surface area contributed by atoms with E-state index in [2.05, 4.69) is 36.0 Å². The molecular formula is C46H56N2O10S. The first-order valence-electron chi connectivity index (χ1n) is 20.6. The van der Waals surface area contributed by atoms with Gasteiger partial charge >= 0.3 is 6.09 Å². The lowest BCUT2D eigenvalue weighted by Crippen LogP contribution is -2.70. The summed E-state index contributed by atoms with van der Waals surface area (Å²) in [5.41, 5.74) is 3.45. The van der Waals surface area contributed by atoms with Gasteiger partial charge in [-0.15, -0.1) is 18.3 Å². The van der Waals surface area contributed by atoms with Gasteiger partial charge in [0.2, 0.25) is 12.6 Å². The lowest BCUT2D eigenvalue weighted by atomic mass is 9.55. The first-order chi connectivity index (χ1) is 28.9. The fraction of sp³-hybridized carbons (Fsp3) is 0.478. The van der Waals surface area contributed by atoms with E-state index < -0.39 is 23.8 Å². The van der Waals surface area contributed by atoms with Crippen molar-refractivity contribution >= 4 is 23.6 Å². The Labute approximate surface area is 351 Å². The van der Waals surface area contributed by atoms with Gasteiger partial charge in [0, 0.05) is 48.3 Å². The summed E-state index contributed by atoms with van der Waals surface area (Å²) in [4.78, 5) is 22.6. The summed E-state index contributed by atoms with van der Waals surface area (Å²) >= 11 is 1.74. The molecule has 13 heteroatoms. The van der Waals surface area contributed by atoms with Crippen molar-refractivity contribution in [2.45, 2.75) is 74.1 Å². The fourth-order valence-corrected chi connectivity index (χ4v) is 10.1. The van der Waals surface area contributed by atoms with E-state index in [0.29, 0.717) is 42.4 Å². The second-order valence-electron chi connectivity index (χ2n) is 15.3. The van der Waals surface area contributed by atoms with Crippen LogP contribution in [0.3, 0.4) is 0 Å². The first kappa shape index (κ1) is 42.4. The molecule has 2 heterocycles. The Kier molecular flexibility index (Phi) is 14.4. The van der Waals surface area contributed by atoms with Gasteiger partial charge in [-0.2, -0.15) is 0 Å². The number of ether oxygens (including phenoxy) is 6. The summed E-state index contributed by atoms with van der Waals surface area (Å²) < 4.78 is 37.6. The number of allylic oxidation sites excluding steroid dienone is 1. The average molecular weight is 829 g/mol. The maximum atomic E-state index is 14.2. The molecule has 1 amide bonds. The topological polar surface area (TPSA) is 138 Å². The highest BCUT2D eigenvalue weighted by atomic mass is 32.2. The van der Waals surface area contributed by atoms with Gasteiger partial charge in [0.05, 0.1) is 32.0 Å². The predicted molar refractivity (Wildman–Crippen MR) is 225 cm³/mol. The first-order valence-corrected chi connectivity index (χ1v) is 21.6. The van der Waals surface area contributed by atoms with E-state index in [-0.39, 0.29) is 57.3 Å². The van der Waals surface area contributed by atoms with Crippen LogP contribution in [0.5, 0.6) is 23.0 Å². The van der Waals surface area contributed by atoms with Crippen LogP contribution in [-0.4, -0.2) is 91.9 Å². The molecule has 2 aliphatic carbocycles. The number of nitrogens with zero attached hydrogens (tertiary/aromatic N) is 2. The number of benzene rings is 3. The number of carbonyl (C=O) groups excluding carboxylic acids is 1. The molecule has 316 valence electrons. The van der Waals surface area contributed by atoms with Gasteiger partial charge in [0.1, 0.15) is 24.7 Å². The summed E-state index contributed by atoms with van der Waals surface area (Å²) in [5, 5.41) is 24.4. The Balaban J connectivity index is 1.36. The number of aliphatic hydroxyl groups excluding tert-OH is 2. The highest BCUT2D eigenvalue weighted by molar-refractivity contribution is 7.99. The quantitative estimate of drug-likeness (QED) is 0.0495. The summed E-state index contributed by atoms with van der Waals surface area (Å²) in [5.74, 6) is 1.53. The number of oxime groups is 1. The molecule has 1 saturated carbocycles. The predicted octanol–water partition coefficient (Wildman–Crippen LogP) is 8.12. The second-order valence-corrected chi connectivity index (χ2v) is 16.4. The van der Waals surface area contributed by atoms with Crippen LogP contribution in [0.15, 0.2) is 101 Å². The van der Waals surface area contributed by atoms with E-state index in [9.17, 15) is 15.0 Å². The van der Waals surface area contributed by atoms with Gasteiger partial charge in [-0.1, -0.05) is 54.4 Å². The van der Waals surface area contributed by atoms with Crippen molar-refractivity contribution in [3.8, 4) is 23.0 Å². The largest absolute Gasteiger partial charge is 0.493 e. The summed E-state index contributed by atoms with van der Waals surface area (Å²) in [6, 6.07) is 21.2. The zero-order chi connectivity index (χ0) is 41.2. The van der Waals surface area contributed by atoms with Crippen LogP contribution in [-0.2, 0) is 20.9 Å². The zero-order valence-corrected chi connectivity index (χ0v) is 34.8. The Morgan fingerprint density at radius 2 is 1.76 bits per heavy atom.